The number of carbonyl (C=O) groups excluding carboxylic acids is 1. The zero-order valence-electron chi connectivity index (χ0n) is 9.14. The summed E-state index contributed by atoms with van der Waals surface area (Å²) in [5, 5.41) is 9.59. The minimum Gasteiger partial charge on any atom is -0.480 e. The van der Waals surface area contributed by atoms with E-state index in [4.69, 9.17) is 15.3 Å². The number of carbonyl (C=O) groups is 2. The van der Waals surface area contributed by atoms with Gasteiger partial charge in [-0.05, 0) is 19.1 Å². The number of furan rings is 1. The summed E-state index contributed by atoms with van der Waals surface area (Å²) in [7, 11) is 0. The number of fused-ring (bicyclic) bond motifs is 1. The van der Waals surface area contributed by atoms with Gasteiger partial charge in [0.05, 0.1) is 0 Å². The Bertz CT molecular complexity index is 564. The van der Waals surface area contributed by atoms with Crippen LogP contribution in [0.1, 0.15) is 17.5 Å². The number of carboxylic acid groups (broad SMARTS) is 1. The van der Waals surface area contributed by atoms with Gasteiger partial charge in [-0.15, -0.1) is 0 Å². The Morgan fingerprint density at radius 1 is 1.35 bits per heavy atom. The van der Waals surface area contributed by atoms with E-state index in [1.165, 1.54) is 6.07 Å². The maximum atomic E-state index is 11.9. The molecule has 2 rings (SSSR count). The van der Waals surface area contributed by atoms with Crippen molar-refractivity contribution in [2.24, 2.45) is 5.73 Å². The molecule has 0 saturated heterocycles. The van der Waals surface area contributed by atoms with Crippen molar-refractivity contribution in [3.63, 3.8) is 0 Å². The van der Waals surface area contributed by atoms with E-state index < -0.39 is 17.3 Å². The molecular formula is C12H11NO4. The topological polar surface area (TPSA) is 93.5 Å². The van der Waals surface area contributed by atoms with E-state index >= 15 is 0 Å². The van der Waals surface area contributed by atoms with Gasteiger partial charge in [0.2, 0.25) is 5.78 Å². The number of hydrogen-bond acceptors (Lipinski definition) is 4. The van der Waals surface area contributed by atoms with E-state index in [0.717, 1.165) is 12.3 Å². The van der Waals surface area contributed by atoms with Crippen LogP contribution in [-0.2, 0) is 4.79 Å². The Kier molecular flexibility index (Phi) is 2.48. The fraction of sp³-hybridized carbons (Fsp3) is 0.167. The zero-order valence-corrected chi connectivity index (χ0v) is 9.14. The van der Waals surface area contributed by atoms with E-state index in [2.05, 4.69) is 0 Å². The second kappa shape index (κ2) is 3.71. The molecule has 0 fully saturated rings. The number of para-hydroxylation sites is 1. The van der Waals surface area contributed by atoms with Gasteiger partial charge >= 0.3 is 5.97 Å². The summed E-state index contributed by atoms with van der Waals surface area (Å²) in [6.45, 7) is 1.14. The first-order chi connectivity index (χ1) is 7.93. The molecule has 0 unspecified atom stereocenters. The number of rotatable bonds is 3. The van der Waals surface area contributed by atoms with Gasteiger partial charge < -0.3 is 15.3 Å². The number of nitrogens with two attached hydrogens (primary N) is 1. The second-order valence-corrected chi connectivity index (χ2v) is 3.99. The van der Waals surface area contributed by atoms with Crippen molar-refractivity contribution in [1.82, 2.24) is 0 Å². The minimum absolute atomic E-state index is 0.0430. The molecule has 0 amide bonds. The molecule has 5 heteroatoms. The first kappa shape index (κ1) is 11.3. The highest BCUT2D eigenvalue weighted by Crippen LogP contribution is 2.21. The van der Waals surface area contributed by atoms with Crippen molar-refractivity contribution in [1.29, 1.82) is 0 Å². The molecule has 0 bridgehead atoms. The fourth-order valence-electron chi connectivity index (χ4n) is 1.45. The highest BCUT2D eigenvalue weighted by atomic mass is 16.4. The van der Waals surface area contributed by atoms with Crippen LogP contribution in [0.3, 0.4) is 0 Å². The van der Waals surface area contributed by atoms with Crippen molar-refractivity contribution in [2.45, 2.75) is 12.5 Å². The van der Waals surface area contributed by atoms with Crippen LogP contribution in [0, 0.1) is 0 Å². The first-order valence-electron chi connectivity index (χ1n) is 4.98. The maximum Gasteiger partial charge on any atom is 0.331 e. The van der Waals surface area contributed by atoms with Gasteiger partial charge in [-0.25, -0.2) is 4.79 Å². The molecular weight excluding hydrogens is 222 g/mol. The molecule has 0 aliphatic carbocycles. The molecule has 1 aromatic heterocycles. The van der Waals surface area contributed by atoms with Gasteiger partial charge in [0.1, 0.15) is 5.58 Å². The summed E-state index contributed by atoms with van der Waals surface area (Å²) in [5.41, 5.74) is 3.99. The third kappa shape index (κ3) is 1.81. The number of hydrogen-bond donors (Lipinski definition) is 2. The van der Waals surface area contributed by atoms with Crippen LogP contribution in [0.2, 0.25) is 0 Å². The van der Waals surface area contributed by atoms with Crippen LogP contribution < -0.4 is 5.73 Å². The average Bonchev–Trinajstić information content (AvgIpc) is 2.70. The maximum absolute atomic E-state index is 11.9. The summed E-state index contributed by atoms with van der Waals surface area (Å²) in [6, 6.07) is 8.51. The lowest BCUT2D eigenvalue weighted by molar-refractivity contribution is -0.140. The van der Waals surface area contributed by atoms with Gasteiger partial charge in [0.15, 0.2) is 11.3 Å². The monoisotopic (exact) mass is 233 g/mol. The van der Waals surface area contributed by atoms with Crippen LogP contribution in [-0.4, -0.2) is 22.4 Å². The van der Waals surface area contributed by atoms with E-state index in [1.807, 2.05) is 0 Å². The number of Topliss-reactive ketones (excluding diaryl/α,β-unsaturated/α-hetero) is 1. The van der Waals surface area contributed by atoms with Crippen LogP contribution >= 0.6 is 0 Å². The van der Waals surface area contributed by atoms with Gasteiger partial charge in [0, 0.05) is 5.39 Å². The van der Waals surface area contributed by atoms with E-state index in [0.29, 0.717) is 5.58 Å². The average molecular weight is 233 g/mol. The second-order valence-electron chi connectivity index (χ2n) is 3.99. The van der Waals surface area contributed by atoms with Crippen LogP contribution in [0.25, 0.3) is 11.0 Å². The number of aliphatic carboxylic acids is 1. The predicted molar refractivity (Wildman–Crippen MR) is 60.8 cm³/mol. The molecule has 3 N–H and O–H groups in total. The number of carboxylic acids is 1. The number of ketones is 1. The smallest absolute Gasteiger partial charge is 0.331 e. The standard InChI is InChI=1S/C12H11NO4/c1-12(13,11(15)16)10(14)9-6-7-4-2-3-5-8(7)17-9/h2-6H,13H2,1H3,(H,15,16)/t12-/m1/s1. The van der Waals surface area contributed by atoms with Crippen LogP contribution in [0.4, 0.5) is 0 Å². The summed E-state index contributed by atoms with van der Waals surface area (Å²) in [5.74, 6) is -2.18. The summed E-state index contributed by atoms with van der Waals surface area (Å²) in [4.78, 5) is 22.7. The summed E-state index contributed by atoms with van der Waals surface area (Å²) in [6.07, 6.45) is 0. The largest absolute Gasteiger partial charge is 0.480 e. The van der Waals surface area contributed by atoms with E-state index in [1.54, 1.807) is 24.3 Å². The normalized spacial score (nSPS) is 14.5. The third-order valence-corrected chi connectivity index (χ3v) is 2.57. The minimum atomic E-state index is -1.98. The lowest BCUT2D eigenvalue weighted by Gasteiger charge is -2.15. The molecule has 1 heterocycles. The van der Waals surface area contributed by atoms with Crippen molar-refractivity contribution in [2.75, 3.05) is 0 Å². The van der Waals surface area contributed by atoms with Gasteiger partial charge in [-0.2, -0.15) is 0 Å². The Labute approximate surface area is 96.8 Å². The van der Waals surface area contributed by atoms with Gasteiger partial charge in [0.25, 0.3) is 0 Å². The first-order valence-corrected chi connectivity index (χ1v) is 4.98. The summed E-state index contributed by atoms with van der Waals surface area (Å²) >= 11 is 0. The molecule has 5 nitrogen and oxygen atoms in total. The molecule has 1 aromatic carbocycles. The predicted octanol–water partition coefficient (Wildman–Crippen LogP) is 1.42. The van der Waals surface area contributed by atoms with Crippen molar-refractivity contribution < 1.29 is 19.1 Å². The molecule has 0 aliphatic rings. The Hall–Kier alpha value is -2.14. The third-order valence-electron chi connectivity index (χ3n) is 2.57. The van der Waals surface area contributed by atoms with Gasteiger partial charge in [-0.3, -0.25) is 4.79 Å². The molecule has 0 radical (unpaired) electrons. The molecule has 0 aliphatic heterocycles. The lowest BCUT2D eigenvalue weighted by atomic mass is 9.96. The molecule has 0 spiro atoms. The SMILES string of the molecule is C[C@](N)(C(=O)O)C(=O)c1cc2ccccc2o1. The molecule has 0 saturated carbocycles. The molecule has 1 atom stereocenters. The van der Waals surface area contributed by atoms with Crippen LogP contribution in [0.15, 0.2) is 34.7 Å². The molecule has 2 aromatic rings. The molecule has 88 valence electrons. The van der Waals surface area contributed by atoms with Crippen LogP contribution in [0.5, 0.6) is 0 Å². The summed E-state index contributed by atoms with van der Waals surface area (Å²) < 4.78 is 5.27. The highest BCUT2D eigenvalue weighted by Gasteiger charge is 2.39. The Balaban J connectivity index is 2.47. The van der Waals surface area contributed by atoms with E-state index in [-0.39, 0.29) is 5.76 Å². The van der Waals surface area contributed by atoms with Crippen molar-refractivity contribution in [3.8, 4) is 0 Å². The highest BCUT2D eigenvalue weighted by molar-refractivity contribution is 6.15. The van der Waals surface area contributed by atoms with Crippen molar-refractivity contribution >= 4 is 22.7 Å². The van der Waals surface area contributed by atoms with Crippen molar-refractivity contribution in [3.05, 3.63) is 36.1 Å². The zero-order chi connectivity index (χ0) is 12.6. The lowest BCUT2D eigenvalue weighted by Crippen LogP contribution is -2.52. The molecule has 17 heavy (non-hydrogen) atoms. The quantitative estimate of drug-likeness (QED) is 0.617. The Morgan fingerprint density at radius 3 is 2.59 bits per heavy atom. The van der Waals surface area contributed by atoms with Gasteiger partial charge in [-0.1, -0.05) is 18.2 Å². The number of benzene rings is 1. The Morgan fingerprint density at radius 2 is 2.00 bits per heavy atom. The fourth-order valence-corrected chi connectivity index (χ4v) is 1.45. The van der Waals surface area contributed by atoms with E-state index in [9.17, 15) is 9.59 Å².